The molecule has 1 aliphatic carbocycles. The zero-order valence-electron chi connectivity index (χ0n) is 12.6. The molecule has 1 saturated carbocycles. The molecule has 4 rings (SSSR count). The number of fused-ring (bicyclic) bond motifs is 2. The minimum absolute atomic E-state index is 0.0974. The second kappa shape index (κ2) is 5.51. The molecule has 2 atom stereocenters. The highest BCUT2D eigenvalue weighted by Crippen LogP contribution is 2.32. The third kappa shape index (κ3) is 2.64. The summed E-state index contributed by atoms with van der Waals surface area (Å²) in [4.78, 5) is 2.62. The van der Waals surface area contributed by atoms with Gasteiger partial charge in [0.2, 0.25) is 10.0 Å². The van der Waals surface area contributed by atoms with Crippen molar-refractivity contribution < 1.29 is 13.2 Å². The Bertz CT molecular complexity index is 655. The highest BCUT2D eigenvalue weighted by Gasteiger charge is 2.41. The monoisotopic (exact) mass is 322 g/mol. The van der Waals surface area contributed by atoms with Gasteiger partial charge in [-0.2, -0.15) is 0 Å². The van der Waals surface area contributed by atoms with E-state index in [1.807, 2.05) is 6.07 Å². The molecule has 5 nitrogen and oxygen atoms in total. The van der Waals surface area contributed by atoms with Crippen LogP contribution in [0, 0.1) is 5.92 Å². The molecule has 0 bridgehead atoms. The van der Waals surface area contributed by atoms with Gasteiger partial charge in [0, 0.05) is 19.6 Å². The quantitative estimate of drug-likeness (QED) is 0.898. The summed E-state index contributed by atoms with van der Waals surface area (Å²) < 4.78 is 33.8. The first kappa shape index (κ1) is 14.5. The number of benzene rings is 1. The topological polar surface area (TPSA) is 58.6 Å². The molecule has 1 saturated heterocycles. The van der Waals surface area contributed by atoms with E-state index >= 15 is 0 Å². The summed E-state index contributed by atoms with van der Waals surface area (Å²) >= 11 is 0. The summed E-state index contributed by atoms with van der Waals surface area (Å²) in [7, 11) is -3.49. The Morgan fingerprint density at radius 2 is 1.95 bits per heavy atom. The Morgan fingerprint density at radius 1 is 1.18 bits per heavy atom. The van der Waals surface area contributed by atoms with E-state index in [2.05, 4.69) is 9.62 Å². The van der Waals surface area contributed by atoms with Gasteiger partial charge in [0.1, 0.15) is 16.7 Å². The van der Waals surface area contributed by atoms with Crippen LogP contribution < -0.4 is 9.46 Å². The molecule has 2 heterocycles. The predicted octanol–water partition coefficient (Wildman–Crippen LogP) is 1.60. The molecule has 120 valence electrons. The molecular formula is C16H22N2O3S. The van der Waals surface area contributed by atoms with Crippen LogP contribution in [-0.2, 0) is 10.0 Å². The van der Waals surface area contributed by atoms with E-state index in [0.717, 1.165) is 25.6 Å². The molecule has 1 aromatic carbocycles. The van der Waals surface area contributed by atoms with Crippen molar-refractivity contribution in [2.45, 2.75) is 42.7 Å². The van der Waals surface area contributed by atoms with E-state index < -0.39 is 10.0 Å². The predicted molar refractivity (Wildman–Crippen MR) is 83.4 cm³/mol. The highest BCUT2D eigenvalue weighted by atomic mass is 32.2. The van der Waals surface area contributed by atoms with E-state index in [-0.39, 0.29) is 17.0 Å². The first-order chi connectivity index (χ1) is 10.6. The van der Waals surface area contributed by atoms with Crippen molar-refractivity contribution in [1.82, 2.24) is 9.62 Å². The fourth-order valence-electron chi connectivity index (χ4n) is 3.99. The number of sulfonamides is 1. The first-order valence-corrected chi connectivity index (χ1v) is 9.60. The van der Waals surface area contributed by atoms with Crippen molar-refractivity contribution in [2.75, 3.05) is 19.6 Å². The van der Waals surface area contributed by atoms with Gasteiger partial charge in [0.15, 0.2) is 0 Å². The Kier molecular flexibility index (Phi) is 3.63. The number of para-hydroxylation sites is 1. The van der Waals surface area contributed by atoms with E-state index in [9.17, 15) is 8.42 Å². The van der Waals surface area contributed by atoms with E-state index in [1.54, 1.807) is 18.2 Å². The minimum Gasteiger partial charge on any atom is -0.486 e. The molecular weight excluding hydrogens is 300 g/mol. The van der Waals surface area contributed by atoms with Crippen molar-refractivity contribution in [3.05, 3.63) is 24.3 Å². The molecule has 2 aliphatic heterocycles. The van der Waals surface area contributed by atoms with Crippen molar-refractivity contribution in [1.29, 1.82) is 0 Å². The molecule has 22 heavy (non-hydrogen) atoms. The molecule has 0 radical (unpaired) electrons. The Morgan fingerprint density at radius 3 is 2.77 bits per heavy atom. The van der Waals surface area contributed by atoms with Gasteiger partial charge in [-0.1, -0.05) is 25.0 Å². The summed E-state index contributed by atoms with van der Waals surface area (Å²) in [6.07, 6.45) is 5.19. The number of ether oxygens (including phenoxy) is 1. The molecule has 1 N–H and O–H groups in total. The molecule has 0 spiro atoms. The van der Waals surface area contributed by atoms with Crippen LogP contribution in [0.25, 0.3) is 0 Å². The smallest absolute Gasteiger partial charge is 0.244 e. The lowest BCUT2D eigenvalue weighted by Crippen LogP contribution is -2.42. The molecule has 1 aromatic rings. The number of hydrogen-bond donors (Lipinski definition) is 1. The van der Waals surface area contributed by atoms with Crippen LogP contribution in [0.3, 0.4) is 0 Å². The van der Waals surface area contributed by atoms with E-state index in [0.29, 0.717) is 5.75 Å². The Hall–Kier alpha value is -1.11. The van der Waals surface area contributed by atoms with Crippen LogP contribution in [0.1, 0.15) is 25.7 Å². The van der Waals surface area contributed by atoms with Gasteiger partial charge in [-0.25, -0.2) is 13.1 Å². The SMILES string of the molecule is O=S1(=O)N[C@@H]2CN(CC3CCCC3)C[C@@H]2Oc2ccccc21. The lowest BCUT2D eigenvalue weighted by atomic mass is 10.1. The van der Waals surface area contributed by atoms with Crippen molar-refractivity contribution >= 4 is 10.0 Å². The van der Waals surface area contributed by atoms with Gasteiger partial charge in [-0.15, -0.1) is 0 Å². The van der Waals surface area contributed by atoms with Gasteiger partial charge >= 0.3 is 0 Å². The zero-order valence-corrected chi connectivity index (χ0v) is 13.4. The average Bonchev–Trinajstić information content (AvgIpc) is 3.08. The number of likely N-dealkylation sites (tertiary alicyclic amines) is 1. The highest BCUT2D eigenvalue weighted by molar-refractivity contribution is 7.89. The Balaban J connectivity index is 1.54. The van der Waals surface area contributed by atoms with Gasteiger partial charge < -0.3 is 4.74 Å². The lowest BCUT2D eigenvalue weighted by Gasteiger charge is -2.20. The maximum Gasteiger partial charge on any atom is 0.244 e. The average molecular weight is 322 g/mol. The van der Waals surface area contributed by atoms with Crippen molar-refractivity contribution in [3.8, 4) is 5.75 Å². The van der Waals surface area contributed by atoms with Gasteiger partial charge in [0.05, 0.1) is 6.04 Å². The number of nitrogens with zero attached hydrogens (tertiary/aromatic N) is 1. The van der Waals surface area contributed by atoms with Crippen LogP contribution >= 0.6 is 0 Å². The van der Waals surface area contributed by atoms with Crippen LogP contribution in [-0.4, -0.2) is 45.1 Å². The largest absolute Gasteiger partial charge is 0.486 e. The van der Waals surface area contributed by atoms with Crippen LogP contribution in [0.2, 0.25) is 0 Å². The molecule has 0 unspecified atom stereocenters. The molecule has 6 heteroatoms. The lowest BCUT2D eigenvalue weighted by molar-refractivity contribution is 0.180. The van der Waals surface area contributed by atoms with E-state index in [4.69, 9.17) is 4.74 Å². The number of nitrogens with one attached hydrogen (secondary N) is 1. The van der Waals surface area contributed by atoms with Gasteiger partial charge in [-0.05, 0) is 30.9 Å². The second-order valence-corrected chi connectivity index (χ2v) is 8.38. The van der Waals surface area contributed by atoms with Crippen LogP contribution in [0.15, 0.2) is 29.2 Å². The summed E-state index contributed by atoms with van der Waals surface area (Å²) in [6, 6.07) is 6.75. The third-order valence-electron chi connectivity index (χ3n) is 5.06. The van der Waals surface area contributed by atoms with Crippen molar-refractivity contribution in [2.24, 2.45) is 5.92 Å². The van der Waals surface area contributed by atoms with Gasteiger partial charge in [0.25, 0.3) is 0 Å². The molecule has 2 fully saturated rings. The third-order valence-corrected chi connectivity index (χ3v) is 6.59. The van der Waals surface area contributed by atoms with Crippen molar-refractivity contribution in [3.63, 3.8) is 0 Å². The molecule has 0 amide bonds. The fourth-order valence-corrected chi connectivity index (χ4v) is 5.38. The summed E-state index contributed by atoms with van der Waals surface area (Å²) in [6.45, 7) is 2.62. The number of rotatable bonds is 2. The maximum atomic E-state index is 12.5. The summed E-state index contributed by atoms with van der Waals surface area (Å²) in [5.74, 6) is 1.25. The maximum absolute atomic E-state index is 12.5. The summed E-state index contributed by atoms with van der Waals surface area (Å²) in [5, 5.41) is 0. The fraction of sp³-hybridized carbons (Fsp3) is 0.625. The Labute approximate surface area is 131 Å². The minimum atomic E-state index is -3.49. The first-order valence-electron chi connectivity index (χ1n) is 8.12. The zero-order chi connectivity index (χ0) is 15.2. The molecule has 0 aromatic heterocycles. The van der Waals surface area contributed by atoms with E-state index in [1.165, 1.54) is 25.7 Å². The summed E-state index contributed by atoms with van der Waals surface area (Å²) in [5.41, 5.74) is 0. The van der Waals surface area contributed by atoms with Gasteiger partial charge in [-0.3, -0.25) is 4.90 Å². The normalized spacial score (nSPS) is 31.3. The number of hydrogen-bond acceptors (Lipinski definition) is 4. The van der Waals surface area contributed by atoms with Crippen LogP contribution in [0.4, 0.5) is 0 Å². The second-order valence-electron chi connectivity index (χ2n) is 6.70. The molecule has 3 aliphatic rings. The standard InChI is InChI=1S/C16H22N2O3S/c19-22(20)16-8-4-3-7-14(16)21-15-11-18(10-13(15)17-22)9-12-5-1-2-6-12/h3-4,7-8,12-13,15,17H,1-2,5-6,9-11H2/t13-,15+/m1/s1. The van der Waals surface area contributed by atoms with Crippen LogP contribution in [0.5, 0.6) is 5.75 Å².